The Kier molecular flexibility index (Phi) is 6.24. The van der Waals surface area contributed by atoms with Crippen LogP contribution in [0.3, 0.4) is 0 Å². The molecule has 1 amide bonds. The minimum absolute atomic E-state index is 0.120. The van der Waals surface area contributed by atoms with E-state index in [1.807, 2.05) is 37.4 Å². The van der Waals surface area contributed by atoms with Gasteiger partial charge in [-0.1, -0.05) is 18.2 Å². The number of allylic oxidation sites excluding steroid dienone is 1. The summed E-state index contributed by atoms with van der Waals surface area (Å²) in [4.78, 5) is 30.8. The summed E-state index contributed by atoms with van der Waals surface area (Å²) >= 11 is 1.36. The van der Waals surface area contributed by atoms with Gasteiger partial charge >= 0.3 is 0 Å². The first-order chi connectivity index (χ1) is 13.9. The van der Waals surface area contributed by atoms with Crippen molar-refractivity contribution >= 4 is 39.9 Å². The third-order valence-corrected chi connectivity index (χ3v) is 5.37. The van der Waals surface area contributed by atoms with E-state index in [9.17, 15) is 9.59 Å². The lowest BCUT2D eigenvalue weighted by Crippen LogP contribution is -2.22. The molecule has 0 saturated carbocycles. The number of hydrogen-bond acceptors (Lipinski definition) is 5. The van der Waals surface area contributed by atoms with Gasteiger partial charge in [0.25, 0.3) is 0 Å². The molecule has 0 fully saturated rings. The number of ketones is 1. The molecule has 0 aliphatic heterocycles. The van der Waals surface area contributed by atoms with Gasteiger partial charge in [-0.15, -0.1) is 11.3 Å². The Hall–Kier alpha value is -3.25. The quantitative estimate of drug-likeness (QED) is 0.409. The number of methoxy groups -OCH3 is 1. The van der Waals surface area contributed by atoms with E-state index in [-0.39, 0.29) is 11.7 Å². The molecule has 0 radical (unpaired) electrons. The van der Waals surface area contributed by atoms with Gasteiger partial charge in [0, 0.05) is 17.9 Å². The van der Waals surface area contributed by atoms with E-state index in [4.69, 9.17) is 4.74 Å². The molecule has 0 aliphatic carbocycles. The summed E-state index contributed by atoms with van der Waals surface area (Å²) < 4.78 is 5.15. The molecule has 0 saturated heterocycles. The van der Waals surface area contributed by atoms with Gasteiger partial charge in [-0.25, -0.2) is 4.98 Å². The number of aryl methyl sites for hydroxylation is 2. The number of anilines is 2. The van der Waals surface area contributed by atoms with E-state index in [1.54, 1.807) is 42.4 Å². The lowest BCUT2D eigenvalue weighted by molar-refractivity contribution is -0.115. The van der Waals surface area contributed by atoms with Crippen LogP contribution in [0.15, 0.2) is 53.9 Å². The number of nitrogens with zero attached hydrogens (tertiary/aromatic N) is 2. The van der Waals surface area contributed by atoms with E-state index >= 15 is 0 Å². The lowest BCUT2D eigenvalue weighted by atomic mass is 10.1. The molecule has 1 heterocycles. The molecule has 148 valence electrons. The number of benzene rings is 2. The summed E-state index contributed by atoms with van der Waals surface area (Å²) in [5, 5.41) is 2.39. The summed E-state index contributed by atoms with van der Waals surface area (Å²) in [5.41, 5.74) is 4.20. The van der Waals surface area contributed by atoms with Gasteiger partial charge < -0.3 is 4.74 Å². The van der Waals surface area contributed by atoms with Crippen molar-refractivity contribution in [3.05, 3.63) is 76.3 Å². The summed E-state index contributed by atoms with van der Waals surface area (Å²) in [6.45, 7) is 5.55. The zero-order valence-electron chi connectivity index (χ0n) is 16.8. The van der Waals surface area contributed by atoms with E-state index in [0.29, 0.717) is 22.1 Å². The Labute approximate surface area is 174 Å². The molecule has 0 unspecified atom stereocenters. The highest BCUT2D eigenvalue weighted by atomic mass is 32.1. The second-order valence-corrected chi connectivity index (χ2v) is 7.44. The first-order valence-corrected chi connectivity index (χ1v) is 9.97. The van der Waals surface area contributed by atoms with E-state index in [2.05, 4.69) is 4.98 Å². The number of amides is 1. The maximum absolute atomic E-state index is 12.4. The van der Waals surface area contributed by atoms with Gasteiger partial charge in [0.15, 0.2) is 10.9 Å². The van der Waals surface area contributed by atoms with E-state index in [0.717, 1.165) is 16.8 Å². The molecule has 6 heteroatoms. The molecular formula is C23H22N2O3S. The smallest absolute Gasteiger partial charge is 0.230 e. The fourth-order valence-electron chi connectivity index (χ4n) is 2.78. The molecule has 0 N–H and O–H groups in total. The molecule has 0 bridgehead atoms. The van der Waals surface area contributed by atoms with Crippen molar-refractivity contribution in [3.8, 4) is 5.75 Å². The molecule has 3 aromatic rings. The van der Waals surface area contributed by atoms with Crippen molar-refractivity contribution in [2.24, 2.45) is 0 Å². The maximum Gasteiger partial charge on any atom is 0.230 e. The van der Waals surface area contributed by atoms with Crippen LogP contribution in [-0.4, -0.2) is 23.8 Å². The van der Waals surface area contributed by atoms with Gasteiger partial charge in [-0.05, 0) is 61.4 Å². The Morgan fingerprint density at radius 3 is 2.59 bits per heavy atom. The van der Waals surface area contributed by atoms with Gasteiger partial charge in [-0.3, -0.25) is 14.5 Å². The number of carbonyl (C=O) groups excluding carboxylic acids is 2. The summed E-state index contributed by atoms with van der Waals surface area (Å²) in [6.07, 6.45) is 3.13. The Bertz CT molecular complexity index is 1090. The molecule has 5 nitrogen and oxygen atoms in total. The van der Waals surface area contributed by atoms with Crippen molar-refractivity contribution in [1.29, 1.82) is 0 Å². The minimum Gasteiger partial charge on any atom is -0.497 e. The monoisotopic (exact) mass is 406 g/mol. The van der Waals surface area contributed by atoms with Crippen LogP contribution in [0.5, 0.6) is 5.75 Å². The van der Waals surface area contributed by atoms with Crippen LogP contribution >= 0.6 is 11.3 Å². The molecule has 0 atom stereocenters. The third kappa shape index (κ3) is 4.78. The molecule has 0 spiro atoms. The zero-order valence-corrected chi connectivity index (χ0v) is 17.6. The van der Waals surface area contributed by atoms with Crippen LogP contribution in [-0.2, 0) is 4.79 Å². The van der Waals surface area contributed by atoms with Crippen molar-refractivity contribution in [3.63, 3.8) is 0 Å². The zero-order chi connectivity index (χ0) is 21.0. The highest BCUT2D eigenvalue weighted by Crippen LogP contribution is 2.30. The molecular weight excluding hydrogens is 384 g/mol. The van der Waals surface area contributed by atoms with Gasteiger partial charge in [0.1, 0.15) is 5.75 Å². The van der Waals surface area contributed by atoms with Crippen molar-refractivity contribution in [2.45, 2.75) is 20.8 Å². The summed E-state index contributed by atoms with van der Waals surface area (Å²) in [6, 6.07) is 12.9. The molecule has 0 aliphatic rings. The van der Waals surface area contributed by atoms with Gasteiger partial charge in [0.05, 0.1) is 18.5 Å². The van der Waals surface area contributed by atoms with Crippen LogP contribution in [0.4, 0.5) is 10.8 Å². The van der Waals surface area contributed by atoms with Crippen molar-refractivity contribution in [2.75, 3.05) is 12.0 Å². The molecule has 29 heavy (non-hydrogen) atoms. The summed E-state index contributed by atoms with van der Waals surface area (Å²) in [5.74, 6) is 0.368. The maximum atomic E-state index is 12.4. The minimum atomic E-state index is -0.143. The average molecular weight is 407 g/mol. The number of carbonyl (C=O) groups is 2. The predicted molar refractivity (Wildman–Crippen MR) is 117 cm³/mol. The standard InChI is InChI=1S/C23H22N2O3S/c1-15-8-10-20(12-16(15)2)25(17(3)26)23-24-19(14-29-23)9-11-22(27)18-6-5-7-21(13-18)28-4/h5-14H,1-4H3/b11-9+. The van der Waals surface area contributed by atoms with Gasteiger partial charge in [0.2, 0.25) is 5.91 Å². The van der Waals surface area contributed by atoms with Crippen LogP contribution < -0.4 is 9.64 Å². The first-order valence-electron chi connectivity index (χ1n) is 9.09. The second kappa shape index (κ2) is 8.84. The normalized spacial score (nSPS) is 10.9. The van der Waals surface area contributed by atoms with Crippen molar-refractivity contribution < 1.29 is 14.3 Å². The average Bonchev–Trinajstić information content (AvgIpc) is 3.17. The molecule has 2 aromatic carbocycles. The number of rotatable bonds is 6. The number of ether oxygens (including phenoxy) is 1. The largest absolute Gasteiger partial charge is 0.497 e. The fourth-order valence-corrected chi connectivity index (χ4v) is 3.64. The first kappa shape index (κ1) is 20.5. The van der Waals surface area contributed by atoms with Crippen LogP contribution in [0.2, 0.25) is 0 Å². The number of thiazole rings is 1. The predicted octanol–water partition coefficient (Wildman–Crippen LogP) is 5.35. The van der Waals surface area contributed by atoms with E-state index < -0.39 is 0 Å². The Balaban J connectivity index is 1.82. The summed E-state index contributed by atoms with van der Waals surface area (Å²) in [7, 11) is 1.56. The lowest BCUT2D eigenvalue weighted by Gasteiger charge is -2.19. The second-order valence-electron chi connectivity index (χ2n) is 6.61. The molecule has 1 aromatic heterocycles. The number of aromatic nitrogens is 1. The molecule has 3 rings (SSSR count). The van der Waals surface area contributed by atoms with Crippen LogP contribution in [0.25, 0.3) is 6.08 Å². The highest BCUT2D eigenvalue weighted by Gasteiger charge is 2.18. The third-order valence-electron chi connectivity index (χ3n) is 4.52. The Morgan fingerprint density at radius 2 is 1.90 bits per heavy atom. The highest BCUT2D eigenvalue weighted by molar-refractivity contribution is 7.14. The van der Waals surface area contributed by atoms with Crippen LogP contribution in [0, 0.1) is 13.8 Å². The van der Waals surface area contributed by atoms with Crippen molar-refractivity contribution in [1.82, 2.24) is 4.98 Å². The topological polar surface area (TPSA) is 59.5 Å². The Morgan fingerprint density at radius 1 is 1.10 bits per heavy atom. The van der Waals surface area contributed by atoms with Gasteiger partial charge in [-0.2, -0.15) is 0 Å². The van der Waals surface area contributed by atoms with Crippen LogP contribution in [0.1, 0.15) is 34.1 Å². The fraction of sp³-hybridized carbons (Fsp3) is 0.174. The van der Waals surface area contributed by atoms with E-state index in [1.165, 1.54) is 24.3 Å². The number of hydrogen-bond donors (Lipinski definition) is 0. The SMILES string of the molecule is COc1cccc(C(=O)/C=C/c2csc(N(C(C)=O)c3ccc(C)c(C)c3)n2)c1.